The summed E-state index contributed by atoms with van der Waals surface area (Å²) in [6, 6.07) is 14.9. The second-order valence-corrected chi connectivity index (χ2v) is 8.30. The smallest absolute Gasteiger partial charge is 0.240 e. The van der Waals surface area contributed by atoms with Gasteiger partial charge in [-0.15, -0.1) is 0 Å². The number of anilines is 2. The molecule has 0 bridgehead atoms. The van der Waals surface area contributed by atoms with Gasteiger partial charge in [-0.1, -0.05) is 18.2 Å². The quantitative estimate of drug-likeness (QED) is 0.683. The molecule has 144 valence electrons. The van der Waals surface area contributed by atoms with Crippen molar-refractivity contribution in [1.29, 1.82) is 0 Å². The van der Waals surface area contributed by atoms with E-state index in [1.54, 1.807) is 12.1 Å². The zero-order valence-corrected chi connectivity index (χ0v) is 16.3. The molecule has 0 spiro atoms. The van der Waals surface area contributed by atoms with Crippen LogP contribution in [0.15, 0.2) is 53.4 Å². The van der Waals surface area contributed by atoms with Gasteiger partial charge in [-0.05, 0) is 55.7 Å². The van der Waals surface area contributed by atoms with E-state index < -0.39 is 10.0 Å². The first kappa shape index (κ1) is 19.4. The highest BCUT2D eigenvalue weighted by Crippen LogP contribution is 2.25. The molecule has 0 fully saturated rings. The minimum absolute atomic E-state index is 0.0323. The van der Waals surface area contributed by atoms with Crippen molar-refractivity contribution in [2.45, 2.75) is 31.1 Å². The standard InChI is InChI=1S/C20H25N3O3S/c1-2-23(17-7-4-3-5-8-17)14-6-13-21-27(25,26)18-10-11-19-16(15-18)9-12-20(24)22-19/h3-5,7-8,10-11,15,21H,2,6,9,12-14H2,1H3,(H,22,24). The number of sulfonamides is 1. The molecular weight excluding hydrogens is 362 g/mol. The summed E-state index contributed by atoms with van der Waals surface area (Å²) >= 11 is 0. The Morgan fingerprint density at radius 3 is 2.63 bits per heavy atom. The van der Waals surface area contributed by atoms with Crippen LogP contribution in [0, 0.1) is 0 Å². The molecular formula is C20H25N3O3S. The number of hydrogen-bond acceptors (Lipinski definition) is 4. The lowest BCUT2D eigenvalue weighted by molar-refractivity contribution is -0.116. The van der Waals surface area contributed by atoms with Crippen LogP contribution in [0.5, 0.6) is 0 Å². The van der Waals surface area contributed by atoms with Crippen molar-refractivity contribution >= 4 is 27.3 Å². The van der Waals surface area contributed by atoms with Crippen LogP contribution in [-0.4, -0.2) is 34.0 Å². The van der Waals surface area contributed by atoms with Gasteiger partial charge in [-0.3, -0.25) is 4.79 Å². The highest BCUT2D eigenvalue weighted by Gasteiger charge is 2.19. The number of nitrogens with one attached hydrogen (secondary N) is 2. The molecule has 1 heterocycles. The van der Waals surface area contributed by atoms with E-state index in [0.29, 0.717) is 31.5 Å². The van der Waals surface area contributed by atoms with E-state index in [1.165, 1.54) is 6.07 Å². The maximum Gasteiger partial charge on any atom is 0.240 e. The molecule has 6 nitrogen and oxygen atoms in total. The van der Waals surface area contributed by atoms with Gasteiger partial charge in [0, 0.05) is 37.4 Å². The number of aryl methyl sites for hydroxylation is 1. The van der Waals surface area contributed by atoms with Crippen LogP contribution in [0.4, 0.5) is 11.4 Å². The predicted octanol–water partition coefficient (Wildman–Crippen LogP) is 2.77. The summed E-state index contributed by atoms with van der Waals surface area (Å²) < 4.78 is 27.8. The number of carbonyl (C=O) groups is 1. The summed E-state index contributed by atoms with van der Waals surface area (Å²) in [5.74, 6) is -0.0323. The first-order valence-corrected chi connectivity index (χ1v) is 10.7. The van der Waals surface area contributed by atoms with Gasteiger partial charge >= 0.3 is 0 Å². The van der Waals surface area contributed by atoms with Crippen LogP contribution in [-0.2, 0) is 21.2 Å². The Balaban J connectivity index is 1.56. The van der Waals surface area contributed by atoms with Crippen LogP contribution >= 0.6 is 0 Å². The Kier molecular flexibility index (Phi) is 6.13. The lowest BCUT2D eigenvalue weighted by Crippen LogP contribution is -2.30. The van der Waals surface area contributed by atoms with Crippen molar-refractivity contribution < 1.29 is 13.2 Å². The van der Waals surface area contributed by atoms with E-state index in [1.807, 2.05) is 18.2 Å². The molecule has 1 aliphatic heterocycles. The predicted molar refractivity (Wildman–Crippen MR) is 108 cm³/mol. The van der Waals surface area contributed by atoms with Gasteiger partial charge in [0.2, 0.25) is 15.9 Å². The number of nitrogens with zero attached hydrogens (tertiary/aromatic N) is 1. The third-order valence-corrected chi connectivity index (χ3v) is 6.14. The number of amides is 1. The Morgan fingerprint density at radius 1 is 1.11 bits per heavy atom. The molecule has 0 saturated heterocycles. The number of para-hydroxylation sites is 1. The van der Waals surface area contributed by atoms with Crippen molar-refractivity contribution in [2.75, 3.05) is 29.9 Å². The first-order chi connectivity index (χ1) is 13.0. The summed E-state index contributed by atoms with van der Waals surface area (Å²) in [5.41, 5.74) is 2.70. The molecule has 0 radical (unpaired) electrons. The molecule has 2 N–H and O–H groups in total. The largest absolute Gasteiger partial charge is 0.372 e. The van der Waals surface area contributed by atoms with E-state index in [-0.39, 0.29) is 10.8 Å². The summed E-state index contributed by atoms with van der Waals surface area (Å²) in [6.45, 7) is 4.11. The number of carbonyl (C=O) groups excluding carboxylic acids is 1. The summed E-state index contributed by atoms with van der Waals surface area (Å²) in [6.07, 6.45) is 1.66. The van der Waals surface area contributed by atoms with Crippen molar-refractivity contribution in [3.63, 3.8) is 0 Å². The fraction of sp³-hybridized carbons (Fsp3) is 0.350. The van der Waals surface area contributed by atoms with Crippen molar-refractivity contribution in [1.82, 2.24) is 4.72 Å². The Bertz CT molecular complexity index is 898. The van der Waals surface area contributed by atoms with Crippen LogP contribution in [0.2, 0.25) is 0 Å². The summed E-state index contributed by atoms with van der Waals surface area (Å²) in [5, 5.41) is 2.77. The second-order valence-electron chi connectivity index (χ2n) is 6.53. The maximum atomic E-state index is 12.6. The third kappa shape index (κ3) is 4.87. The lowest BCUT2D eigenvalue weighted by Gasteiger charge is -2.23. The van der Waals surface area contributed by atoms with E-state index in [2.05, 4.69) is 34.0 Å². The van der Waals surface area contributed by atoms with Gasteiger partial charge in [-0.2, -0.15) is 0 Å². The fourth-order valence-corrected chi connectivity index (χ4v) is 4.32. The average Bonchev–Trinajstić information content (AvgIpc) is 2.68. The molecule has 0 atom stereocenters. The van der Waals surface area contributed by atoms with Crippen LogP contribution < -0.4 is 14.9 Å². The Hall–Kier alpha value is -2.38. The van der Waals surface area contributed by atoms with Gasteiger partial charge in [0.1, 0.15) is 0 Å². The van der Waals surface area contributed by atoms with E-state index in [9.17, 15) is 13.2 Å². The van der Waals surface area contributed by atoms with Crippen LogP contribution in [0.25, 0.3) is 0 Å². The highest BCUT2D eigenvalue weighted by atomic mass is 32.2. The molecule has 0 unspecified atom stereocenters. The maximum absolute atomic E-state index is 12.6. The zero-order valence-electron chi connectivity index (χ0n) is 15.4. The van der Waals surface area contributed by atoms with E-state index in [0.717, 1.165) is 24.3 Å². The summed E-state index contributed by atoms with van der Waals surface area (Å²) in [4.78, 5) is 13.9. The van der Waals surface area contributed by atoms with Gasteiger partial charge in [0.05, 0.1) is 4.90 Å². The van der Waals surface area contributed by atoms with E-state index in [4.69, 9.17) is 0 Å². The Labute approximate surface area is 160 Å². The second kappa shape index (κ2) is 8.54. The number of hydrogen-bond donors (Lipinski definition) is 2. The molecule has 0 aliphatic carbocycles. The van der Waals surface area contributed by atoms with Gasteiger partial charge in [-0.25, -0.2) is 13.1 Å². The van der Waals surface area contributed by atoms with Gasteiger partial charge in [0.25, 0.3) is 0 Å². The number of benzene rings is 2. The topological polar surface area (TPSA) is 78.5 Å². The molecule has 0 saturated carbocycles. The monoisotopic (exact) mass is 387 g/mol. The SMILES string of the molecule is CCN(CCCNS(=O)(=O)c1ccc2c(c1)CCC(=O)N2)c1ccccc1. The van der Waals surface area contributed by atoms with Gasteiger partial charge < -0.3 is 10.2 Å². The molecule has 3 rings (SSSR count). The molecule has 2 aromatic rings. The van der Waals surface area contributed by atoms with Crippen molar-refractivity contribution in [2.24, 2.45) is 0 Å². The van der Waals surface area contributed by atoms with Crippen LogP contribution in [0.3, 0.4) is 0 Å². The third-order valence-electron chi connectivity index (χ3n) is 4.68. The normalized spacial score (nSPS) is 13.7. The number of fused-ring (bicyclic) bond motifs is 1. The van der Waals surface area contributed by atoms with Crippen molar-refractivity contribution in [3.8, 4) is 0 Å². The number of rotatable bonds is 8. The molecule has 7 heteroatoms. The van der Waals surface area contributed by atoms with E-state index >= 15 is 0 Å². The summed E-state index contributed by atoms with van der Waals surface area (Å²) in [7, 11) is -3.56. The molecule has 2 aromatic carbocycles. The highest BCUT2D eigenvalue weighted by molar-refractivity contribution is 7.89. The minimum Gasteiger partial charge on any atom is -0.372 e. The fourth-order valence-electron chi connectivity index (χ4n) is 3.20. The molecule has 0 aromatic heterocycles. The minimum atomic E-state index is -3.56. The molecule has 1 amide bonds. The zero-order chi connectivity index (χ0) is 19.3. The van der Waals surface area contributed by atoms with Gasteiger partial charge in [0.15, 0.2) is 0 Å². The Morgan fingerprint density at radius 2 is 1.89 bits per heavy atom. The first-order valence-electron chi connectivity index (χ1n) is 9.22. The molecule has 1 aliphatic rings. The van der Waals surface area contributed by atoms with Crippen LogP contribution in [0.1, 0.15) is 25.3 Å². The van der Waals surface area contributed by atoms with Crippen molar-refractivity contribution in [3.05, 3.63) is 54.1 Å². The molecule has 27 heavy (non-hydrogen) atoms. The lowest BCUT2D eigenvalue weighted by atomic mass is 10.0. The average molecular weight is 388 g/mol.